The lowest BCUT2D eigenvalue weighted by Crippen LogP contribution is -2.19. The molecule has 0 fully saturated rings. The Morgan fingerprint density at radius 3 is 3.18 bits per heavy atom. The Morgan fingerprint density at radius 2 is 2.41 bits per heavy atom. The predicted molar refractivity (Wildman–Crippen MR) is 67.5 cm³/mol. The molecule has 88 valence electrons. The van der Waals surface area contributed by atoms with Crippen molar-refractivity contribution in [2.24, 2.45) is 7.05 Å². The van der Waals surface area contributed by atoms with Crippen LogP contribution in [0.4, 0.5) is 0 Å². The molecule has 17 heavy (non-hydrogen) atoms. The van der Waals surface area contributed by atoms with Crippen molar-refractivity contribution >= 4 is 17.1 Å². The Balaban J connectivity index is 1.97. The van der Waals surface area contributed by atoms with E-state index in [9.17, 15) is 4.79 Å². The molecule has 1 atom stereocenters. The second-order valence-corrected chi connectivity index (χ2v) is 5.45. The smallest absolute Gasteiger partial charge is 0.188 e. The number of aromatic nitrogens is 2. The van der Waals surface area contributed by atoms with E-state index in [1.54, 1.807) is 22.2 Å². The number of nitrogens with zero attached hydrogens (tertiary/aromatic N) is 2. The SMILES string of the molecule is Cn1nccc1C(=O)C1CCCc2sccc21. The fourth-order valence-corrected chi connectivity index (χ4v) is 3.54. The number of rotatable bonds is 2. The molecule has 0 bridgehead atoms. The highest BCUT2D eigenvalue weighted by molar-refractivity contribution is 7.10. The minimum absolute atomic E-state index is 0.0420. The Morgan fingerprint density at radius 1 is 1.53 bits per heavy atom. The number of hydrogen-bond acceptors (Lipinski definition) is 3. The van der Waals surface area contributed by atoms with Crippen LogP contribution in [0.3, 0.4) is 0 Å². The zero-order valence-electron chi connectivity index (χ0n) is 9.72. The van der Waals surface area contributed by atoms with E-state index >= 15 is 0 Å². The van der Waals surface area contributed by atoms with Crippen LogP contribution in [0.2, 0.25) is 0 Å². The zero-order valence-corrected chi connectivity index (χ0v) is 10.5. The van der Waals surface area contributed by atoms with Gasteiger partial charge < -0.3 is 0 Å². The van der Waals surface area contributed by atoms with Gasteiger partial charge in [0.05, 0.1) is 5.92 Å². The molecule has 2 aromatic rings. The molecule has 3 nitrogen and oxygen atoms in total. The van der Waals surface area contributed by atoms with Crippen LogP contribution in [-0.4, -0.2) is 15.6 Å². The number of thiophene rings is 1. The van der Waals surface area contributed by atoms with Gasteiger partial charge in [-0.3, -0.25) is 9.48 Å². The van der Waals surface area contributed by atoms with Crippen molar-refractivity contribution in [2.45, 2.75) is 25.2 Å². The van der Waals surface area contributed by atoms with Crippen molar-refractivity contribution in [3.05, 3.63) is 39.8 Å². The lowest BCUT2D eigenvalue weighted by atomic mass is 9.84. The molecule has 0 amide bonds. The van der Waals surface area contributed by atoms with Crippen LogP contribution in [0.15, 0.2) is 23.7 Å². The highest BCUT2D eigenvalue weighted by atomic mass is 32.1. The molecule has 2 aromatic heterocycles. The summed E-state index contributed by atoms with van der Waals surface area (Å²) in [6, 6.07) is 3.92. The highest BCUT2D eigenvalue weighted by Crippen LogP contribution is 2.36. The summed E-state index contributed by atoms with van der Waals surface area (Å²) in [6.45, 7) is 0. The largest absolute Gasteiger partial charge is 0.292 e. The van der Waals surface area contributed by atoms with Gasteiger partial charge in [0.2, 0.25) is 0 Å². The van der Waals surface area contributed by atoms with Crippen LogP contribution in [0, 0.1) is 0 Å². The van der Waals surface area contributed by atoms with Crippen molar-refractivity contribution in [2.75, 3.05) is 0 Å². The Bertz CT molecular complexity index is 555. The maximum Gasteiger partial charge on any atom is 0.188 e. The molecule has 0 aliphatic heterocycles. The number of aryl methyl sites for hydroxylation is 2. The molecule has 3 rings (SSSR count). The van der Waals surface area contributed by atoms with Crippen LogP contribution < -0.4 is 0 Å². The van der Waals surface area contributed by atoms with Gasteiger partial charge in [0.25, 0.3) is 0 Å². The van der Waals surface area contributed by atoms with Crippen molar-refractivity contribution in [3.8, 4) is 0 Å². The van der Waals surface area contributed by atoms with E-state index in [1.807, 2.05) is 13.1 Å². The Labute approximate surface area is 104 Å². The third-order valence-corrected chi connectivity index (χ3v) is 4.44. The fraction of sp³-hybridized carbons (Fsp3) is 0.385. The average Bonchev–Trinajstić information content (AvgIpc) is 2.95. The first kappa shape index (κ1) is 10.7. The first-order chi connectivity index (χ1) is 8.27. The molecule has 1 aliphatic rings. The van der Waals surface area contributed by atoms with E-state index in [-0.39, 0.29) is 11.7 Å². The second-order valence-electron chi connectivity index (χ2n) is 4.45. The van der Waals surface area contributed by atoms with Gasteiger partial charge >= 0.3 is 0 Å². The van der Waals surface area contributed by atoms with Gasteiger partial charge in [-0.15, -0.1) is 11.3 Å². The van der Waals surface area contributed by atoms with Gasteiger partial charge in [-0.1, -0.05) is 0 Å². The van der Waals surface area contributed by atoms with Gasteiger partial charge in [0.15, 0.2) is 5.78 Å². The summed E-state index contributed by atoms with van der Waals surface area (Å²) < 4.78 is 1.67. The highest BCUT2D eigenvalue weighted by Gasteiger charge is 2.29. The second kappa shape index (κ2) is 4.11. The van der Waals surface area contributed by atoms with E-state index < -0.39 is 0 Å². The molecule has 4 heteroatoms. The normalized spacial score (nSPS) is 19.0. The molecule has 0 radical (unpaired) electrons. The van der Waals surface area contributed by atoms with E-state index in [1.165, 1.54) is 10.4 Å². The summed E-state index contributed by atoms with van der Waals surface area (Å²) in [5.74, 6) is 0.254. The molecule has 0 saturated carbocycles. The van der Waals surface area contributed by atoms with Crippen molar-refractivity contribution in [1.29, 1.82) is 0 Å². The number of hydrogen-bond donors (Lipinski definition) is 0. The summed E-state index contributed by atoms with van der Waals surface area (Å²) >= 11 is 1.77. The van der Waals surface area contributed by atoms with Crippen LogP contribution >= 0.6 is 11.3 Å². The average molecular weight is 246 g/mol. The van der Waals surface area contributed by atoms with Gasteiger partial charge in [-0.2, -0.15) is 5.10 Å². The van der Waals surface area contributed by atoms with Crippen LogP contribution in [0.25, 0.3) is 0 Å². The van der Waals surface area contributed by atoms with Gasteiger partial charge in [0.1, 0.15) is 5.69 Å². The number of carbonyl (C=O) groups is 1. The maximum atomic E-state index is 12.5. The van der Waals surface area contributed by atoms with E-state index in [4.69, 9.17) is 0 Å². The first-order valence-corrected chi connectivity index (χ1v) is 6.74. The molecular weight excluding hydrogens is 232 g/mol. The summed E-state index contributed by atoms with van der Waals surface area (Å²) in [5, 5.41) is 6.17. The molecule has 1 aliphatic carbocycles. The van der Waals surface area contributed by atoms with E-state index in [0.29, 0.717) is 5.69 Å². The molecule has 0 N–H and O–H groups in total. The number of Topliss-reactive ketones (excluding diaryl/α,β-unsaturated/α-hetero) is 1. The van der Waals surface area contributed by atoms with Gasteiger partial charge in [-0.05, 0) is 42.3 Å². The van der Waals surface area contributed by atoms with Crippen LogP contribution in [-0.2, 0) is 13.5 Å². The lowest BCUT2D eigenvalue weighted by molar-refractivity contribution is 0.0942. The zero-order chi connectivity index (χ0) is 11.8. The monoisotopic (exact) mass is 246 g/mol. The van der Waals surface area contributed by atoms with E-state index in [0.717, 1.165) is 19.3 Å². The van der Waals surface area contributed by atoms with Crippen LogP contribution in [0.5, 0.6) is 0 Å². The topological polar surface area (TPSA) is 34.9 Å². The first-order valence-electron chi connectivity index (χ1n) is 5.86. The third kappa shape index (κ3) is 1.72. The maximum absolute atomic E-state index is 12.5. The van der Waals surface area contributed by atoms with Gasteiger partial charge in [-0.25, -0.2) is 0 Å². The quantitative estimate of drug-likeness (QED) is 0.764. The molecule has 1 unspecified atom stereocenters. The number of ketones is 1. The summed E-state index contributed by atoms with van der Waals surface area (Å²) in [6.07, 6.45) is 4.89. The molecule has 2 heterocycles. The lowest BCUT2D eigenvalue weighted by Gasteiger charge is -2.21. The Kier molecular flexibility index (Phi) is 2.59. The Hall–Kier alpha value is -1.42. The summed E-state index contributed by atoms with van der Waals surface area (Å²) in [4.78, 5) is 13.9. The summed E-state index contributed by atoms with van der Waals surface area (Å²) in [7, 11) is 1.82. The molecule has 0 spiro atoms. The predicted octanol–water partition coefficient (Wildman–Crippen LogP) is 2.78. The minimum atomic E-state index is 0.0420. The molecular formula is C13H14N2OS. The molecule has 0 aromatic carbocycles. The number of carbonyl (C=O) groups excluding carboxylic acids is 1. The number of fused-ring (bicyclic) bond motifs is 1. The molecule has 0 saturated heterocycles. The summed E-state index contributed by atoms with van der Waals surface area (Å²) in [5.41, 5.74) is 1.96. The third-order valence-electron chi connectivity index (χ3n) is 3.44. The standard InChI is InChI=1S/C13H14N2OS/c1-15-11(5-7-14-15)13(16)10-3-2-4-12-9(10)6-8-17-12/h5-8,10H,2-4H2,1H3. The van der Waals surface area contributed by atoms with Crippen molar-refractivity contribution in [3.63, 3.8) is 0 Å². The fourth-order valence-electron chi connectivity index (χ4n) is 2.55. The van der Waals surface area contributed by atoms with Gasteiger partial charge in [0, 0.05) is 18.1 Å². The minimum Gasteiger partial charge on any atom is -0.292 e. The van der Waals surface area contributed by atoms with E-state index in [2.05, 4.69) is 16.5 Å². The van der Waals surface area contributed by atoms with Crippen molar-refractivity contribution in [1.82, 2.24) is 9.78 Å². The van der Waals surface area contributed by atoms with Crippen LogP contribution in [0.1, 0.15) is 39.7 Å². The van der Waals surface area contributed by atoms with Crippen molar-refractivity contribution < 1.29 is 4.79 Å².